The van der Waals surface area contributed by atoms with Gasteiger partial charge in [-0.3, -0.25) is 4.79 Å². The summed E-state index contributed by atoms with van der Waals surface area (Å²) in [5.41, 5.74) is 2.02. The Hall–Kier alpha value is -3.28. The van der Waals surface area contributed by atoms with Crippen molar-refractivity contribution in [3.8, 4) is 5.69 Å². The van der Waals surface area contributed by atoms with Crippen LogP contribution < -0.4 is 5.56 Å². The Morgan fingerprint density at radius 2 is 1.76 bits per heavy atom. The molecule has 0 fully saturated rings. The molecule has 4 rings (SSSR count). The molecule has 0 N–H and O–H groups in total. The fraction of sp³-hybridized carbons (Fsp3) is 0.105. The quantitative estimate of drug-likeness (QED) is 0.578. The van der Waals surface area contributed by atoms with Crippen LogP contribution in [0.1, 0.15) is 11.3 Å². The lowest BCUT2D eigenvalue weighted by atomic mass is 10.2. The minimum atomic E-state index is -0.356. The van der Waals surface area contributed by atoms with E-state index < -0.39 is 0 Å². The molecule has 5 nitrogen and oxygen atoms in total. The lowest BCUT2D eigenvalue weighted by molar-refractivity contribution is 0.571. The molecule has 0 radical (unpaired) electrons. The number of halogens is 1. The Morgan fingerprint density at radius 1 is 1.04 bits per heavy atom. The number of aromatic nitrogens is 4. The third kappa shape index (κ3) is 2.61. The van der Waals surface area contributed by atoms with Gasteiger partial charge in [0, 0.05) is 10.9 Å². The minimum absolute atomic E-state index is 0.0717. The van der Waals surface area contributed by atoms with Crippen molar-refractivity contribution in [3.05, 3.63) is 88.2 Å². The average molecular weight is 334 g/mol. The van der Waals surface area contributed by atoms with Crippen LogP contribution in [0.3, 0.4) is 0 Å². The molecule has 4 aromatic rings. The lowest BCUT2D eigenvalue weighted by Gasteiger charge is -2.09. The van der Waals surface area contributed by atoms with Crippen LogP contribution in [0.25, 0.3) is 16.6 Å². The van der Waals surface area contributed by atoms with E-state index in [9.17, 15) is 9.18 Å². The predicted octanol–water partition coefficient (Wildman–Crippen LogP) is 3.08. The Morgan fingerprint density at radius 3 is 2.52 bits per heavy atom. The van der Waals surface area contributed by atoms with E-state index in [1.807, 2.05) is 37.3 Å². The summed E-state index contributed by atoms with van der Waals surface area (Å²) in [4.78, 5) is 13.0. The zero-order valence-electron chi connectivity index (χ0n) is 13.6. The summed E-state index contributed by atoms with van der Waals surface area (Å²) in [5, 5.41) is 9.36. The molecule has 0 aliphatic carbocycles. The number of nitrogens with zero attached hydrogens (tertiary/aromatic N) is 4. The molecule has 0 unspecified atom stereocenters. The van der Waals surface area contributed by atoms with Gasteiger partial charge in [-0.05, 0) is 25.1 Å². The van der Waals surface area contributed by atoms with Crippen LogP contribution in [0.15, 0.2) is 65.6 Å². The fourth-order valence-corrected chi connectivity index (χ4v) is 2.88. The third-order valence-corrected chi connectivity index (χ3v) is 4.15. The van der Waals surface area contributed by atoms with E-state index in [-0.39, 0.29) is 17.9 Å². The molecular formula is C19H15FN4O. The van der Waals surface area contributed by atoms with E-state index in [0.717, 1.165) is 5.69 Å². The summed E-state index contributed by atoms with van der Waals surface area (Å²) in [5.74, 6) is -0.356. The van der Waals surface area contributed by atoms with Gasteiger partial charge >= 0.3 is 0 Å². The maximum atomic E-state index is 13.9. The van der Waals surface area contributed by atoms with Crippen molar-refractivity contribution in [2.24, 2.45) is 0 Å². The molecule has 0 saturated carbocycles. The molecule has 0 bridgehead atoms. The van der Waals surface area contributed by atoms with Gasteiger partial charge in [-0.25, -0.2) is 13.8 Å². The molecule has 2 aromatic carbocycles. The van der Waals surface area contributed by atoms with Crippen LogP contribution in [0.2, 0.25) is 0 Å². The zero-order valence-corrected chi connectivity index (χ0v) is 13.6. The molecule has 0 atom stereocenters. The van der Waals surface area contributed by atoms with Gasteiger partial charge < -0.3 is 0 Å². The summed E-state index contributed by atoms with van der Waals surface area (Å²) in [6, 6.07) is 15.8. The second-order valence-corrected chi connectivity index (χ2v) is 5.79. The van der Waals surface area contributed by atoms with Gasteiger partial charge in [0.1, 0.15) is 11.3 Å². The maximum Gasteiger partial charge on any atom is 0.293 e. The molecule has 0 amide bonds. The number of fused-ring (bicyclic) bond motifs is 1. The van der Waals surface area contributed by atoms with E-state index in [2.05, 4.69) is 10.2 Å². The first kappa shape index (κ1) is 15.3. The van der Waals surface area contributed by atoms with Gasteiger partial charge in [0.2, 0.25) is 0 Å². The molecule has 0 aliphatic heterocycles. The van der Waals surface area contributed by atoms with E-state index in [0.29, 0.717) is 22.2 Å². The van der Waals surface area contributed by atoms with E-state index in [1.54, 1.807) is 29.1 Å². The first-order valence-electron chi connectivity index (χ1n) is 7.89. The highest BCUT2D eigenvalue weighted by Gasteiger charge is 2.15. The van der Waals surface area contributed by atoms with Crippen LogP contribution in [0, 0.1) is 12.7 Å². The van der Waals surface area contributed by atoms with E-state index in [1.165, 1.54) is 10.7 Å². The Kier molecular flexibility index (Phi) is 3.65. The van der Waals surface area contributed by atoms with E-state index >= 15 is 0 Å². The van der Waals surface area contributed by atoms with Crippen molar-refractivity contribution >= 4 is 10.9 Å². The summed E-state index contributed by atoms with van der Waals surface area (Å²) in [6.07, 6.45) is 1.64. The number of rotatable bonds is 3. The van der Waals surface area contributed by atoms with Crippen molar-refractivity contribution < 1.29 is 4.39 Å². The number of hydrogen-bond donors (Lipinski definition) is 0. The molecule has 0 saturated heterocycles. The van der Waals surface area contributed by atoms with Crippen molar-refractivity contribution in [3.63, 3.8) is 0 Å². The average Bonchev–Trinajstić information content (AvgIpc) is 3.08. The Bertz CT molecular complexity index is 1120. The molecule has 25 heavy (non-hydrogen) atoms. The monoisotopic (exact) mass is 334 g/mol. The molecular weight excluding hydrogens is 319 g/mol. The number of aryl methyl sites for hydroxylation is 1. The first-order chi connectivity index (χ1) is 12.1. The van der Waals surface area contributed by atoms with Crippen molar-refractivity contribution in [1.82, 2.24) is 19.6 Å². The predicted molar refractivity (Wildman–Crippen MR) is 93.4 cm³/mol. The van der Waals surface area contributed by atoms with Crippen molar-refractivity contribution in [2.45, 2.75) is 13.5 Å². The topological polar surface area (TPSA) is 52.7 Å². The van der Waals surface area contributed by atoms with Crippen LogP contribution in [-0.4, -0.2) is 19.6 Å². The third-order valence-electron chi connectivity index (χ3n) is 4.15. The smallest absolute Gasteiger partial charge is 0.265 e. The van der Waals surface area contributed by atoms with E-state index in [4.69, 9.17) is 0 Å². The maximum absolute atomic E-state index is 13.9. The summed E-state index contributed by atoms with van der Waals surface area (Å²) in [7, 11) is 0. The van der Waals surface area contributed by atoms with Crippen LogP contribution in [0.5, 0.6) is 0 Å². The van der Waals surface area contributed by atoms with Gasteiger partial charge in [-0.15, -0.1) is 0 Å². The summed E-state index contributed by atoms with van der Waals surface area (Å²) < 4.78 is 16.8. The Balaban J connectivity index is 1.92. The number of para-hydroxylation sites is 1. The zero-order chi connectivity index (χ0) is 17.4. The van der Waals surface area contributed by atoms with Crippen LogP contribution in [0.4, 0.5) is 4.39 Å². The standard InChI is InChI=1S/C19H15FN4O/c1-13-16-11-21-24(15-8-3-2-4-9-15)18(16)19(25)23(22-13)12-14-7-5-6-10-17(14)20/h2-11H,12H2,1H3. The normalized spacial score (nSPS) is 11.1. The van der Waals surface area contributed by atoms with Crippen LogP contribution >= 0.6 is 0 Å². The van der Waals surface area contributed by atoms with Crippen LogP contribution in [-0.2, 0) is 6.54 Å². The van der Waals surface area contributed by atoms with Gasteiger partial charge in [-0.2, -0.15) is 10.2 Å². The molecule has 124 valence electrons. The second kappa shape index (κ2) is 5.98. The lowest BCUT2D eigenvalue weighted by Crippen LogP contribution is -2.26. The van der Waals surface area contributed by atoms with Gasteiger partial charge in [0.25, 0.3) is 5.56 Å². The molecule has 0 spiro atoms. The fourth-order valence-electron chi connectivity index (χ4n) is 2.88. The van der Waals surface area contributed by atoms with Crippen molar-refractivity contribution in [1.29, 1.82) is 0 Å². The van der Waals surface area contributed by atoms with Gasteiger partial charge in [0.15, 0.2) is 0 Å². The number of hydrogen-bond acceptors (Lipinski definition) is 3. The highest BCUT2D eigenvalue weighted by Crippen LogP contribution is 2.17. The molecule has 6 heteroatoms. The number of benzene rings is 2. The SMILES string of the molecule is Cc1nn(Cc2ccccc2F)c(=O)c2c1cnn2-c1ccccc1. The highest BCUT2D eigenvalue weighted by atomic mass is 19.1. The van der Waals surface area contributed by atoms with Crippen molar-refractivity contribution in [2.75, 3.05) is 0 Å². The Labute approximate surface area is 143 Å². The largest absolute Gasteiger partial charge is 0.293 e. The van der Waals surface area contributed by atoms with Gasteiger partial charge in [0.05, 0.1) is 24.1 Å². The summed E-state index contributed by atoms with van der Waals surface area (Å²) in [6.45, 7) is 1.89. The second-order valence-electron chi connectivity index (χ2n) is 5.79. The first-order valence-corrected chi connectivity index (χ1v) is 7.89. The minimum Gasteiger partial charge on any atom is -0.265 e. The molecule has 2 aromatic heterocycles. The molecule has 2 heterocycles. The highest BCUT2D eigenvalue weighted by molar-refractivity contribution is 5.81. The van der Waals surface area contributed by atoms with Gasteiger partial charge in [-0.1, -0.05) is 36.4 Å². The molecule has 0 aliphatic rings. The summed E-state index contributed by atoms with van der Waals surface area (Å²) >= 11 is 0.